The molecule has 0 aromatic rings. The zero-order valence-corrected chi connectivity index (χ0v) is 14.2. The molecule has 5 atom stereocenters. The maximum Gasteiger partial charge on any atom is 0.148 e. The highest BCUT2D eigenvalue weighted by atomic mass is 16.3. The Labute approximate surface area is 133 Å². The van der Waals surface area contributed by atoms with Crippen LogP contribution in [0.25, 0.3) is 0 Å². The lowest BCUT2D eigenvalue weighted by Crippen LogP contribution is -2.59. The number of carbonyl (C=O) groups is 2. The second-order valence-electron chi connectivity index (χ2n) is 8.67. The summed E-state index contributed by atoms with van der Waals surface area (Å²) >= 11 is 0. The van der Waals surface area contributed by atoms with E-state index in [1.54, 1.807) is 0 Å². The molecule has 22 heavy (non-hydrogen) atoms. The molecule has 1 N–H and O–H groups in total. The third-order valence-electron chi connectivity index (χ3n) is 7.13. The predicted molar refractivity (Wildman–Crippen MR) is 85.2 cm³/mol. The van der Waals surface area contributed by atoms with E-state index in [1.807, 2.05) is 13.8 Å². The van der Waals surface area contributed by atoms with Crippen LogP contribution in [0.2, 0.25) is 0 Å². The summed E-state index contributed by atoms with van der Waals surface area (Å²) in [5, 5.41) is 10.6. The monoisotopic (exact) mass is 304 g/mol. The van der Waals surface area contributed by atoms with Crippen LogP contribution in [0.4, 0.5) is 0 Å². The summed E-state index contributed by atoms with van der Waals surface area (Å²) in [6.07, 6.45) is 7.05. The Hall–Kier alpha value is -0.960. The van der Waals surface area contributed by atoms with Crippen LogP contribution in [0.3, 0.4) is 0 Å². The van der Waals surface area contributed by atoms with Gasteiger partial charge in [-0.2, -0.15) is 0 Å². The number of ketones is 1. The van der Waals surface area contributed by atoms with Crippen molar-refractivity contribution in [1.29, 1.82) is 0 Å². The zero-order valence-electron chi connectivity index (χ0n) is 14.2. The number of hydrogen-bond donors (Lipinski definition) is 1. The van der Waals surface area contributed by atoms with Gasteiger partial charge in [0.15, 0.2) is 0 Å². The molecule has 0 spiro atoms. The molecule has 3 heteroatoms. The van der Waals surface area contributed by atoms with E-state index in [4.69, 9.17) is 0 Å². The van der Waals surface area contributed by atoms with Crippen LogP contribution >= 0.6 is 0 Å². The number of aldehydes is 1. The smallest absolute Gasteiger partial charge is 0.148 e. The van der Waals surface area contributed by atoms with Crippen molar-refractivity contribution < 1.29 is 14.7 Å². The second-order valence-corrected chi connectivity index (χ2v) is 8.67. The van der Waals surface area contributed by atoms with Gasteiger partial charge in [0.05, 0.1) is 12.0 Å². The molecule has 0 bridgehead atoms. The lowest BCUT2D eigenvalue weighted by atomic mass is 9.42. The van der Waals surface area contributed by atoms with Crippen molar-refractivity contribution in [2.45, 2.75) is 65.9 Å². The molecular formula is C19H28O3. The molecule has 122 valence electrons. The minimum absolute atomic E-state index is 0.102. The Balaban J connectivity index is 2.12. The molecule has 0 aromatic carbocycles. The summed E-state index contributed by atoms with van der Waals surface area (Å²) in [4.78, 5) is 24.2. The van der Waals surface area contributed by atoms with Crippen LogP contribution in [-0.4, -0.2) is 23.3 Å². The number of hydrogen-bond acceptors (Lipinski definition) is 3. The summed E-state index contributed by atoms with van der Waals surface area (Å²) in [6, 6.07) is 0. The largest absolute Gasteiger partial charge is 0.392 e. The molecule has 0 heterocycles. The van der Waals surface area contributed by atoms with Crippen LogP contribution in [0.1, 0.15) is 59.8 Å². The quantitative estimate of drug-likeness (QED) is 0.459. The highest BCUT2D eigenvalue weighted by Crippen LogP contribution is 2.65. The molecule has 2 fully saturated rings. The van der Waals surface area contributed by atoms with E-state index < -0.39 is 11.3 Å². The molecular weight excluding hydrogens is 276 g/mol. The van der Waals surface area contributed by atoms with E-state index in [0.29, 0.717) is 6.42 Å². The van der Waals surface area contributed by atoms with Crippen LogP contribution in [0, 0.1) is 28.1 Å². The summed E-state index contributed by atoms with van der Waals surface area (Å²) in [7, 11) is 0. The number of carbonyl (C=O) groups excluding carboxylic acids is 2. The molecule has 1 unspecified atom stereocenters. The van der Waals surface area contributed by atoms with Gasteiger partial charge < -0.3 is 9.90 Å². The Morgan fingerprint density at radius 3 is 2.50 bits per heavy atom. The molecule has 0 radical (unpaired) electrons. The van der Waals surface area contributed by atoms with Gasteiger partial charge in [-0.3, -0.25) is 4.79 Å². The second kappa shape index (κ2) is 4.77. The Kier molecular flexibility index (Phi) is 3.45. The van der Waals surface area contributed by atoms with E-state index in [1.165, 1.54) is 5.57 Å². The van der Waals surface area contributed by atoms with Gasteiger partial charge in [0, 0.05) is 10.8 Å². The number of aliphatic hydroxyl groups excluding tert-OH is 1. The molecule has 3 aliphatic rings. The molecule has 0 amide bonds. The van der Waals surface area contributed by atoms with Crippen molar-refractivity contribution in [3.63, 3.8) is 0 Å². The average Bonchev–Trinajstić information content (AvgIpc) is 2.45. The molecule has 0 aliphatic heterocycles. The lowest BCUT2D eigenvalue weighted by Gasteiger charge is -2.61. The topological polar surface area (TPSA) is 54.4 Å². The van der Waals surface area contributed by atoms with E-state index >= 15 is 0 Å². The first-order valence-corrected chi connectivity index (χ1v) is 8.56. The van der Waals surface area contributed by atoms with Gasteiger partial charge >= 0.3 is 0 Å². The predicted octanol–water partition coefficient (Wildman–Crippen LogP) is 3.30. The molecule has 3 rings (SSSR count). The van der Waals surface area contributed by atoms with Crippen molar-refractivity contribution >= 4 is 12.1 Å². The Bertz CT molecular complexity index is 547. The van der Waals surface area contributed by atoms with Crippen molar-refractivity contribution in [3.05, 3.63) is 11.6 Å². The van der Waals surface area contributed by atoms with Crippen LogP contribution in [0.5, 0.6) is 0 Å². The fourth-order valence-corrected chi connectivity index (χ4v) is 5.97. The first-order valence-electron chi connectivity index (χ1n) is 8.56. The number of allylic oxidation sites excluding steroid dienone is 1. The normalized spacial score (nSPS) is 47.2. The van der Waals surface area contributed by atoms with E-state index in [2.05, 4.69) is 19.9 Å². The summed E-state index contributed by atoms with van der Waals surface area (Å²) < 4.78 is 0. The van der Waals surface area contributed by atoms with Crippen molar-refractivity contribution in [1.82, 2.24) is 0 Å². The summed E-state index contributed by atoms with van der Waals surface area (Å²) in [5.74, 6) is -0.141. The molecule has 2 saturated carbocycles. The van der Waals surface area contributed by atoms with Crippen molar-refractivity contribution in [2.75, 3.05) is 0 Å². The van der Waals surface area contributed by atoms with Gasteiger partial charge in [0.1, 0.15) is 12.1 Å². The zero-order chi connectivity index (χ0) is 16.3. The lowest BCUT2D eigenvalue weighted by molar-refractivity contribution is -0.152. The SMILES string of the molecule is CC1(C)C(=O)C(C=O)C[C@]2(C)C3=CCC[C@@H](O)[C@]3(C)CC[C@@H]12. The van der Waals surface area contributed by atoms with Crippen LogP contribution in [-0.2, 0) is 9.59 Å². The van der Waals surface area contributed by atoms with Crippen LogP contribution < -0.4 is 0 Å². The Morgan fingerprint density at radius 1 is 1.18 bits per heavy atom. The number of rotatable bonds is 1. The summed E-state index contributed by atoms with van der Waals surface area (Å²) in [6.45, 7) is 8.42. The van der Waals surface area contributed by atoms with Gasteiger partial charge in [-0.05, 0) is 43.4 Å². The average molecular weight is 304 g/mol. The Morgan fingerprint density at radius 2 is 1.86 bits per heavy atom. The van der Waals surface area contributed by atoms with Gasteiger partial charge in [-0.25, -0.2) is 0 Å². The molecule has 0 saturated heterocycles. The first-order chi connectivity index (χ1) is 10.2. The highest BCUT2D eigenvalue weighted by molar-refractivity contribution is 5.98. The standard InChI is InChI=1S/C19H28O3/c1-17(2)13-8-9-18(3)14(6-5-7-15(18)21)19(13,4)10-12(11-20)16(17)22/h6,11-13,15,21H,5,7-10H2,1-4H3/t12?,13-,15+,18+,19-/m0/s1. The fraction of sp³-hybridized carbons (Fsp3) is 0.789. The fourth-order valence-electron chi connectivity index (χ4n) is 5.97. The minimum Gasteiger partial charge on any atom is -0.392 e. The van der Waals surface area contributed by atoms with E-state index in [-0.39, 0.29) is 28.6 Å². The molecule has 3 aliphatic carbocycles. The maximum atomic E-state index is 12.7. The highest BCUT2D eigenvalue weighted by Gasteiger charge is 2.62. The van der Waals surface area contributed by atoms with Crippen molar-refractivity contribution in [2.24, 2.45) is 28.1 Å². The van der Waals surface area contributed by atoms with Crippen LogP contribution in [0.15, 0.2) is 11.6 Å². The molecule has 0 aromatic heterocycles. The number of Topliss-reactive ketones (excluding diaryl/α,β-unsaturated/α-hetero) is 1. The minimum atomic E-state index is -0.501. The van der Waals surface area contributed by atoms with E-state index in [9.17, 15) is 14.7 Å². The molecule has 3 nitrogen and oxygen atoms in total. The first kappa shape index (κ1) is 15.9. The number of fused-ring (bicyclic) bond motifs is 3. The van der Waals surface area contributed by atoms with Gasteiger partial charge in [-0.1, -0.05) is 39.3 Å². The van der Waals surface area contributed by atoms with Gasteiger partial charge in [0.25, 0.3) is 0 Å². The van der Waals surface area contributed by atoms with Crippen molar-refractivity contribution in [3.8, 4) is 0 Å². The third-order valence-corrected chi connectivity index (χ3v) is 7.13. The third kappa shape index (κ3) is 1.84. The maximum absolute atomic E-state index is 12.7. The van der Waals surface area contributed by atoms with E-state index in [0.717, 1.165) is 32.0 Å². The number of aliphatic hydroxyl groups is 1. The van der Waals surface area contributed by atoms with Gasteiger partial charge in [0.2, 0.25) is 0 Å². The van der Waals surface area contributed by atoms with Gasteiger partial charge in [-0.15, -0.1) is 0 Å². The summed E-state index contributed by atoms with van der Waals surface area (Å²) in [5.41, 5.74) is 0.496.